The minimum absolute atomic E-state index is 0.127. The smallest absolute Gasteiger partial charge is 0.161 e. The fourth-order valence-electron chi connectivity index (χ4n) is 1.97. The summed E-state index contributed by atoms with van der Waals surface area (Å²) in [6, 6.07) is -0.651. The Morgan fingerprint density at radius 2 is 2.24 bits per heavy atom. The zero-order valence-corrected chi connectivity index (χ0v) is 10.6. The molecule has 7 heteroatoms. The van der Waals surface area contributed by atoms with E-state index in [0.29, 0.717) is 5.17 Å². The predicted molar refractivity (Wildman–Crippen MR) is 63.8 cm³/mol. The topological polar surface area (TPSA) is 65.3 Å². The second-order valence-electron chi connectivity index (χ2n) is 4.40. The third-order valence-corrected chi connectivity index (χ3v) is 4.20. The summed E-state index contributed by atoms with van der Waals surface area (Å²) in [6.45, 7) is -0.127. The van der Waals surface area contributed by atoms with Crippen molar-refractivity contribution in [2.75, 3.05) is 20.7 Å². The van der Waals surface area contributed by atoms with Gasteiger partial charge in [-0.15, -0.1) is 0 Å². The first kappa shape index (κ1) is 13.1. The Labute approximate surface area is 104 Å². The lowest BCUT2D eigenvalue weighted by atomic mass is 9.98. The predicted octanol–water partition coefficient (Wildman–Crippen LogP) is -0.174. The van der Waals surface area contributed by atoms with E-state index in [1.54, 1.807) is 4.90 Å². The number of fused-ring (bicyclic) bond motifs is 1. The van der Waals surface area contributed by atoms with Crippen LogP contribution in [-0.2, 0) is 4.74 Å². The van der Waals surface area contributed by atoms with Gasteiger partial charge in [-0.2, -0.15) is 0 Å². The molecule has 0 aromatic heterocycles. The molecule has 5 nitrogen and oxygen atoms in total. The number of aliphatic hydroxyl groups is 2. The number of nitrogens with zero attached hydrogens (tertiary/aromatic N) is 2. The van der Waals surface area contributed by atoms with Crippen molar-refractivity contribution in [2.24, 2.45) is 4.99 Å². The number of alkyl halides is 1. The Balaban J connectivity index is 2.10. The van der Waals surface area contributed by atoms with E-state index in [4.69, 9.17) is 9.84 Å². The molecule has 2 N–H and O–H groups in total. The highest BCUT2D eigenvalue weighted by Gasteiger charge is 2.49. The molecular weight excluding hydrogens is 247 g/mol. The minimum atomic E-state index is -1.43. The molecule has 2 heterocycles. The van der Waals surface area contributed by atoms with E-state index in [-0.39, 0.29) is 13.0 Å². The van der Waals surface area contributed by atoms with Crippen LogP contribution in [0, 0.1) is 0 Å². The first-order chi connectivity index (χ1) is 8.04. The van der Waals surface area contributed by atoms with Crippen molar-refractivity contribution in [3.63, 3.8) is 0 Å². The van der Waals surface area contributed by atoms with Gasteiger partial charge in [-0.1, -0.05) is 11.8 Å². The first-order valence-electron chi connectivity index (χ1n) is 5.55. The average molecular weight is 264 g/mol. The Morgan fingerprint density at radius 1 is 1.53 bits per heavy atom. The van der Waals surface area contributed by atoms with Gasteiger partial charge in [0.25, 0.3) is 0 Å². The van der Waals surface area contributed by atoms with Gasteiger partial charge in [-0.05, 0) is 6.42 Å². The molecule has 5 atom stereocenters. The average Bonchev–Trinajstić information content (AvgIpc) is 2.70. The molecule has 0 radical (unpaired) electrons. The fraction of sp³-hybridized carbons (Fsp3) is 0.900. The molecule has 2 rings (SSSR count). The summed E-state index contributed by atoms with van der Waals surface area (Å²) in [7, 11) is 3.66. The maximum absolute atomic E-state index is 14.0. The Hall–Kier alpha value is -0.370. The molecule has 0 bridgehead atoms. The van der Waals surface area contributed by atoms with Gasteiger partial charge in [-0.25, -0.2) is 4.39 Å². The van der Waals surface area contributed by atoms with Crippen LogP contribution >= 0.6 is 11.8 Å². The van der Waals surface area contributed by atoms with E-state index in [0.717, 1.165) is 0 Å². The number of hydrogen-bond donors (Lipinski definition) is 2. The van der Waals surface area contributed by atoms with Crippen LogP contribution in [0.25, 0.3) is 0 Å². The van der Waals surface area contributed by atoms with Crippen molar-refractivity contribution in [1.82, 2.24) is 4.90 Å². The third kappa shape index (κ3) is 2.42. The molecule has 0 aromatic rings. The van der Waals surface area contributed by atoms with Gasteiger partial charge in [0.2, 0.25) is 0 Å². The van der Waals surface area contributed by atoms with E-state index in [1.165, 1.54) is 11.8 Å². The monoisotopic (exact) mass is 264 g/mol. The van der Waals surface area contributed by atoms with E-state index >= 15 is 0 Å². The molecule has 0 amide bonds. The lowest BCUT2D eigenvalue weighted by Crippen LogP contribution is -2.52. The van der Waals surface area contributed by atoms with Crippen LogP contribution in [0.1, 0.15) is 6.42 Å². The molecule has 17 heavy (non-hydrogen) atoms. The molecule has 1 saturated heterocycles. The number of amidine groups is 1. The van der Waals surface area contributed by atoms with Crippen LogP contribution in [0.4, 0.5) is 4.39 Å². The highest BCUT2D eigenvalue weighted by atomic mass is 32.2. The third-order valence-electron chi connectivity index (χ3n) is 2.90. The molecular formula is C10H17FN2O3S. The van der Waals surface area contributed by atoms with Crippen LogP contribution < -0.4 is 0 Å². The van der Waals surface area contributed by atoms with Crippen LogP contribution in [0.15, 0.2) is 4.99 Å². The number of aliphatic hydroxyl groups excluding tert-OH is 2. The van der Waals surface area contributed by atoms with Gasteiger partial charge >= 0.3 is 0 Å². The summed E-state index contributed by atoms with van der Waals surface area (Å²) in [5, 5.41) is 19.3. The maximum atomic E-state index is 14.0. The largest absolute Gasteiger partial charge is 0.396 e. The van der Waals surface area contributed by atoms with E-state index in [1.807, 2.05) is 14.1 Å². The maximum Gasteiger partial charge on any atom is 0.161 e. The Kier molecular flexibility index (Phi) is 3.92. The van der Waals surface area contributed by atoms with Crippen molar-refractivity contribution in [3.8, 4) is 0 Å². The van der Waals surface area contributed by atoms with Gasteiger partial charge in [0.1, 0.15) is 17.6 Å². The molecule has 0 aliphatic carbocycles. The Bertz CT molecular complexity index is 316. The molecule has 2 aliphatic heterocycles. The summed E-state index contributed by atoms with van der Waals surface area (Å²) in [4.78, 5) is 6.02. The standard InChI is InChI=1S/C10H17FN2O3S/c1-13(2)10-12-7-6(11)8(15)5(3-4-14)16-9(7)17-10/h5-9,14-15H,3-4H2,1-2H3/t5-,6+,7-,8-,9-/m1/s1. The number of ether oxygens (including phenoxy) is 1. The lowest BCUT2D eigenvalue weighted by Gasteiger charge is -2.36. The molecule has 98 valence electrons. The molecule has 0 aromatic carbocycles. The summed E-state index contributed by atoms with van der Waals surface area (Å²) in [6.07, 6.45) is -3.06. The van der Waals surface area contributed by atoms with Crippen molar-refractivity contribution in [3.05, 3.63) is 0 Å². The van der Waals surface area contributed by atoms with E-state index in [2.05, 4.69) is 4.99 Å². The molecule has 0 saturated carbocycles. The normalized spacial score (nSPS) is 41.0. The highest BCUT2D eigenvalue weighted by Crippen LogP contribution is 2.38. The quantitative estimate of drug-likeness (QED) is 0.725. The fourth-order valence-corrected chi connectivity index (χ4v) is 3.12. The lowest BCUT2D eigenvalue weighted by molar-refractivity contribution is -0.136. The summed E-state index contributed by atoms with van der Waals surface area (Å²) < 4.78 is 19.6. The molecule has 2 aliphatic rings. The van der Waals surface area contributed by atoms with Crippen LogP contribution in [0.5, 0.6) is 0 Å². The number of halogens is 1. The van der Waals surface area contributed by atoms with Crippen LogP contribution in [0.2, 0.25) is 0 Å². The van der Waals surface area contributed by atoms with Gasteiger partial charge in [0, 0.05) is 20.7 Å². The zero-order chi connectivity index (χ0) is 12.6. The minimum Gasteiger partial charge on any atom is -0.396 e. The SMILES string of the molecule is CN(C)C1=N[C@@H]2[C@H](F)[C@H](O)[C@@H](CCO)O[C@@H]2S1. The summed E-state index contributed by atoms with van der Waals surface area (Å²) >= 11 is 1.36. The van der Waals surface area contributed by atoms with Gasteiger partial charge in [0.05, 0.1) is 6.10 Å². The summed E-state index contributed by atoms with van der Waals surface area (Å²) in [5.41, 5.74) is -0.401. The molecule has 0 unspecified atom stereocenters. The van der Waals surface area contributed by atoms with Gasteiger partial charge < -0.3 is 19.8 Å². The number of rotatable bonds is 2. The van der Waals surface area contributed by atoms with Crippen molar-refractivity contribution in [1.29, 1.82) is 0 Å². The van der Waals surface area contributed by atoms with Crippen molar-refractivity contribution >= 4 is 16.9 Å². The zero-order valence-electron chi connectivity index (χ0n) is 9.78. The molecule has 0 spiro atoms. The van der Waals surface area contributed by atoms with Gasteiger partial charge in [-0.3, -0.25) is 4.99 Å². The molecule has 1 fully saturated rings. The number of hydrogen-bond acceptors (Lipinski definition) is 6. The van der Waals surface area contributed by atoms with E-state index in [9.17, 15) is 9.50 Å². The number of thioether (sulfide) groups is 1. The second kappa shape index (κ2) is 5.09. The second-order valence-corrected chi connectivity index (χ2v) is 5.47. The van der Waals surface area contributed by atoms with Crippen molar-refractivity contribution in [2.45, 2.75) is 36.3 Å². The van der Waals surface area contributed by atoms with Crippen LogP contribution in [0.3, 0.4) is 0 Å². The Morgan fingerprint density at radius 3 is 2.82 bits per heavy atom. The van der Waals surface area contributed by atoms with Gasteiger partial charge in [0.15, 0.2) is 11.3 Å². The number of aliphatic imine (C=N–C) groups is 1. The van der Waals surface area contributed by atoms with Crippen molar-refractivity contribution < 1.29 is 19.3 Å². The van der Waals surface area contributed by atoms with E-state index < -0.39 is 29.9 Å². The summed E-state index contributed by atoms with van der Waals surface area (Å²) in [5.74, 6) is 0. The highest BCUT2D eigenvalue weighted by molar-refractivity contribution is 8.14. The van der Waals surface area contributed by atoms with Crippen LogP contribution in [-0.4, -0.2) is 70.8 Å². The first-order valence-corrected chi connectivity index (χ1v) is 6.42.